The van der Waals surface area contributed by atoms with Crippen molar-refractivity contribution in [3.8, 4) is 0 Å². The fourth-order valence-corrected chi connectivity index (χ4v) is 6.36. The van der Waals surface area contributed by atoms with Gasteiger partial charge >= 0.3 is 0 Å². The molecule has 0 saturated carbocycles. The normalized spacial score (nSPS) is 21.3. The monoisotopic (exact) mass is 359 g/mol. The molecule has 130 valence electrons. The second-order valence-corrected chi connectivity index (χ2v) is 10.9. The van der Waals surface area contributed by atoms with E-state index in [9.17, 15) is 16.8 Å². The van der Waals surface area contributed by atoms with Gasteiger partial charge in [0.15, 0.2) is 9.84 Å². The molecule has 1 aliphatic rings. The molecule has 0 radical (unpaired) electrons. The summed E-state index contributed by atoms with van der Waals surface area (Å²) in [5.74, 6) is 0.117. The van der Waals surface area contributed by atoms with Crippen LogP contribution < -0.4 is 4.31 Å². The van der Waals surface area contributed by atoms with Crippen molar-refractivity contribution in [2.75, 3.05) is 28.6 Å². The van der Waals surface area contributed by atoms with E-state index in [1.807, 2.05) is 12.1 Å². The molecule has 0 spiro atoms. The third-order valence-electron chi connectivity index (χ3n) is 4.34. The van der Waals surface area contributed by atoms with Gasteiger partial charge in [-0.25, -0.2) is 16.8 Å². The van der Waals surface area contributed by atoms with E-state index in [2.05, 4.69) is 13.8 Å². The summed E-state index contributed by atoms with van der Waals surface area (Å²) in [7, 11) is -5.10. The van der Waals surface area contributed by atoms with E-state index in [1.54, 1.807) is 12.1 Å². The Morgan fingerprint density at radius 3 is 2.35 bits per heavy atom. The molecule has 0 N–H and O–H groups in total. The minimum atomic E-state index is -3.53. The minimum Gasteiger partial charge on any atom is -0.273 e. The van der Waals surface area contributed by atoms with Gasteiger partial charge in [0.25, 0.3) is 0 Å². The van der Waals surface area contributed by atoms with Crippen LogP contribution in [-0.2, 0) is 19.9 Å². The molecule has 0 amide bonds. The molecule has 5 nitrogen and oxygen atoms in total. The predicted molar refractivity (Wildman–Crippen MR) is 94.1 cm³/mol. The topological polar surface area (TPSA) is 71.5 Å². The molecule has 23 heavy (non-hydrogen) atoms. The summed E-state index contributed by atoms with van der Waals surface area (Å²) in [5.41, 5.74) is 1.76. The molecule has 1 atom stereocenters. The molecule has 1 saturated heterocycles. The van der Waals surface area contributed by atoms with Gasteiger partial charge in [-0.15, -0.1) is 0 Å². The first-order valence-corrected chi connectivity index (χ1v) is 11.3. The molecule has 0 aromatic heterocycles. The number of sulfone groups is 1. The first-order valence-electron chi connectivity index (χ1n) is 7.88. The number of hydrogen-bond donors (Lipinski definition) is 0. The van der Waals surface area contributed by atoms with E-state index in [1.165, 1.54) is 11.4 Å². The second-order valence-electron chi connectivity index (χ2n) is 6.61. The standard InChI is InChI=1S/C16H25NO4S2/c1-13(2)15-6-8-16(9-7-15)17(3)23(20,21)12-14-5-4-10-22(18,19)11-14/h6-9,13-14H,4-5,10-12H2,1-3H3. The zero-order chi connectivity index (χ0) is 17.3. The van der Waals surface area contributed by atoms with E-state index in [0.717, 1.165) is 5.56 Å². The summed E-state index contributed by atoms with van der Waals surface area (Å²) in [6.45, 7) is 4.16. The zero-order valence-corrected chi connectivity index (χ0v) is 15.5. The Morgan fingerprint density at radius 2 is 1.83 bits per heavy atom. The molecule has 1 aromatic carbocycles. The summed E-state index contributed by atoms with van der Waals surface area (Å²) in [4.78, 5) is 0. The zero-order valence-electron chi connectivity index (χ0n) is 13.9. The lowest BCUT2D eigenvalue weighted by molar-refractivity contribution is 0.508. The van der Waals surface area contributed by atoms with Crippen LogP contribution in [0.25, 0.3) is 0 Å². The van der Waals surface area contributed by atoms with Crippen LogP contribution in [0.15, 0.2) is 24.3 Å². The lowest BCUT2D eigenvalue weighted by atomic mass is 10.0. The van der Waals surface area contributed by atoms with Crippen molar-refractivity contribution in [1.29, 1.82) is 0 Å². The van der Waals surface area contributed by atoms with E-state index in [-0.39, 0.29) is 23.2 Å². The highest BCUT2D eigenvalue weighted by molar-refractivity contribution is 7.93. The van der Waals surface area contributed by atoms with Gasteiger partial charge < -0.3 is 0 Å². The van der Waals surface area contributed by atoms with Crippen molar-refractivity contribution in [3.63, 3.8) is 0 Å². The minimum absolute atomic E-state index is 0.0215. The van der Waals surface area contributed by atoms with Gasteiger partial charge in [0.2, 0.25) is 10.0 Å². The summed E-state index contributed by atoms with van der Waals surface area (Å²) in [6.07, 6.45) is 1.20. The van der Waals surface area contributed by atoms with Gasteiger partial charge in [0.05, 0.1) is 22.9 Å². The molecule has 1 heterocycles. The van der Waals surface area contributed by atoms with Crippen LogP contribution in [0.3, 0.4) is 0 Å². The van der Waals surface area contributed by atoms with Crippen molar-refractivity contribution < 1.29 is 16.8 Å². The van der Waals surface area contributed by atoms with Crippen molar-refractivity contribution in [3.05, 3.63) is 29.8 Å². The largest absolute Gasteiger partial charge is 0.273 e. The van der Waals surface area contributed by atoms with Crippen LogP contribution in [0.5, 0.6) is 0 Å². The van der Waals surface area contributed by atoms with E-state index in [0.29, 0.717) is 24.4 Å². The van der Waals surface area contributed by atoms with Crippen LogP contribution in [0.4, 0.5) is 5.69 Å². The number of benzene rings is 1. The van der Waals surface area contributed by atoms with Crippen LogP contribution in [0, 0.1) is 5.92 Å². The molecule has 1 aromatic rings. The Balaban J connectivity index is 2.12. The molecule has 2 rings (SSSR count). The summed E-state index contributed by atoms with van der Waals surface area (Å²) < 4.78 is 49.7. The molecular weight excluding hydrogens is 334 g/mol. The van der Waals surface area contributed by atoms with Crippen molar-refractivity contribution in [2.45, 2.75) is 32.6 Å². The first-order chi connectivity index (χ1) is 10.6. The third-order valence-corrected chi connectivity index (χ3v) is 8.17. The van der Waals surface area contributed by atoms with Crippen molar-refractivity contribution >= 4 is 25.5 Å². The van der Waals surface area contributed by atoms with E-state index < -0.39 is 19.9 Å². The molecule has 0 aliphatic carbocycles. The molecule has 1 fully saturated rings. The van der Waals surface area contributed by atoms with Crippen LogP contribution in [0.2, 0.25) is 0 Å². The van der Waals surface area contributed by atoms with Crippen molar-refractivity contribution in [2.24, 2.45) is 5.92 Å². The number of rotatable bonds is 5. The summed E-state index contributed by atoms with van der Waals surface area (Å²) in [6, 6.07) is 7.45. The Morgan fingerprint density at radius 1 is 1.22 bits per heavy atom. The van der Waals surface area contributed by atoms with Gasteiger partial charge in [-0.1, -0.05) is 26.0 Å². The molecular formula is C16H25NO4S2. The Labute approximate surface area is 139 Å². The Hall–Kier alpha value is -1.08. The smallest absolute Gasteiger partial charge is 0.235 e. The van der Waals surface area contributed by atoms with Gasteiger partial charge in [-0.3, -0.25) is 4.31 Å². The number of nitrogens with zero attached hydrogens (tertiary/aromatic N) is 1. The third kappa shape index (κ3) is 4.70. The fraction of sp³-hybridized carbons (Fsp3) is 0.625. The number of hydrogen-bond acceptors (Lipinski definition) is 4. The highest BCUT2D eigenvalue weighted by Gasteiger charge is 2.30. The molecule has 1 aliphatic heterocycles. The maximum atomic E-state index is 12.6. The van der Waals surface area contributed by atoms with E-state index in [4.69, 9.17) is 0 Å². The number of anilines is 1. The maximum Gasteiger partial charge on any atom is 0.235 e. The average molecular weight is 360 g/mol. The lowest BCUT2D eigenvalue weighted by Gasteiger charge is -2.26. The van der Waals surface area contributed by atoms with Gasteiger partial charge in [0.1, 0.15) is 0 Å². The summed E-state index contributed by atoms with van der Waals surface area (Å²) in [5, 5.41) is 0. The Kier molecular flexibility index (Phi) is 5.41. The second kappa shape index (κ2) is 6.81. The fourth-order valence-electron chi connectivity index (χ4n) is 2.89. The van der Waals surface area contributed by atoms with Gasteiger partial charge in [-0.05, 0) is 42.4 Å². The SMILES string of the molecule is CC(C)c1ccc(N(C)S(=O)(=O)CC2CCCS(=O)(=O)C2)cc1. The summed E-state index contributed by atoms with van der Waals surface area (Å²) >= 11 is 0. The van der Waals surface area contributed by atoms with Crippen LogP contribution in [0.1, 0.15) is 38.2 Å². The lowest BCUT2D eigenvalue weighted by Crippen LogP contribution is -2.36. The highest BCUT2D eigenvalue weighted by atomic mass is 32.2. The Bertz CT molecular complexity index is 737. The molecule has 1 unspecified atom stereocenters. The first kappa shape index (κ1) is 18.3. The predicted octanol–water partition coefficient (Wildman–Crippen LogP) is 2.40. The molecule has 7 heteroatoms. The molecule has 0 bridgehead atoms. The quantitative estimate of drug-likeness (QED) is 0.809. The van der Waals surface area contributed by atoms with Crippen LogP contribution >= 0.6 is 0 Å². The van der Waals surface area contributed by atoms with Crippen LogP contribution in [-0.4, -0.2) is 41.1 Å². The van der Waals surface area contributed by atoms with Crippen molar-refractivity contribution in [1.82, 2.24) is 0 Å². The van der Waals surface area contributed by atoms with E-state index >= 15 is 0 Å². The highest BCUT2D eigenvalue weighted by Crippen LogP contribution is 2.25. The number of sulfonamides is 1. The average Bonchev–Trinajstić information content (AvgIpc) is 2.45. The van der Waals surface area contributed by atoms with Gasteiger partial charge in [0, 0.05) is 7.05 Å². The maximum absolute atomic E-state index is 12.6. The van der Waals surface area contributed by atoms with Gasteiger partial charge in [-0.2, -0.15) is 0 Å².